The molecule has 0 spiro atoms. The molecule has 0 atom stereocenters. The second-order valence-corrected chi connectivity index (χ2v) is 7.94. The van der Waals surface area contributed by atoms with Crippen molar-refractivity contribution in [3.63, 3.8) is 0 Å². The summed E-state index contributed by atoms with van der Waals surface area (Å²) in [7, 11) is 0. The number of ether oxygens (including phenoxy) is 11. The lowest BCUT2D eigenvalue weighted by molar-refractivity contribution is -0.0276. The molecule has 0 aromatic rings. The Bertz CT molecular complexity index is 365. The molecule has 0 aliphatic heterocycles. The van der Waals surface area contributed by atoms with E-state index in [1.807, 2.05) is 0 Å². The zero-order valence-corrected chi connectivity index (χ0v) is 23.9. The molecule has 0 aromatic carbocycles. The Balaban J connectivity index is 3.00. The fourth-order valence-electron chi connectivity index (χ4n) is 2.42. The zero-order chi connectivity index (χ0) is 26.7. The summed E-state index contributed by atoms with van der Waals surface area (Å²) in [5.74, 6) is 0. The van der Waals surface area contributed by atoms with E-state index in [9.17, 15) is 0 Å². The number of aliphatic hydroxyl groups excluding tert-OH is 1. The molecular formula is C24H49BrO12. The third kappa shape index (κ3) is 36.0. The summed E-state index contributed by atoms with van der Waals surface area (Å²) >= 11 is 3.29. The van der Waals surface area contributed by atoms with Crippen molar-refractivity contribution in [3.8, 4) is 0 Å². The van der Waals surface area contributed by atoms with Crippen molar-refractivity contribution in [1.82, 2.24) is 0 Å². The van der Waals surface area contributed by atoms with Gasteiger partial charge in [-0.3, -0.25) is 0 Å². The molecule has 0 bridgehead atoms. The largest absolute Gasteiger partial charge is 0.394 e. The van der Waals surface area contributed by atoms with Gasteiger partial charge in [-0.1, -0.05) is 15.9 Å². The number of halogens is 1. The number of aliphatic hydroxyl groups is 1. The van der Waals surface area contributed by atoms with Crippen molar-refractivity contribution in [2.24, 2.45) is 0 Å². The predicted octanol–water partition coefficient (Wildman–Crippen LogP) is 0.556. The molecule has 0 saturated carbocycles. The minimum Gasteiger partial charge on any atom is -0.394 e. The zero-order valence-electron chi connectivity index (χ0n) is 22.3. The number of alkyl halides is 1. The topological polar surface area (TPSA) is 122 Å². The Morgan fingerprint density at radius 2 is 0.432 bits per heavy atom. The molecule has 0 amide bonds. The van der Waals surface area contributed by atoms with E-state index in [1.54, 1.807) is 0 Å². The van der Waals surface area contributed by atoms with Gasteiger partial charge in [0.05, 0.1) is 152 Å². The van der Waals surface area contributed by atoms with Gasteiger partial charge in [0.25, 0.3) is 0 Å². The number of rotatable bonds is 34. The fourth-order valence-corrected chi connectivity index (χ4v) is 2.65. The second kappa shape index (κ2) is 36.0. The molecule has 12 nitrogen and oxygen atoms in total. The summed E-state index contributed by atoms with van der Waals surface area (Å²) in [4.78, 5) is 0. The van der Waals surface area contributed by atoms with E-state index in [4.69, 9.17) is 57.2 Å². The van der Waals surface area contributed by atoms with Crippen molar-refractivity contribution in [1.29, 1.82) is 0 Å². The summed E-state index contributed by atoms with van der Waals surface area (Å²) in [5, 5.41) is 9.39. The van der Waals surface area contributed by atoms with E-state index < -0.39 is 0 Å². The van der Waals surface area contributed by atoms with Gasteiger partial charge in [0.1, 0.15) is 0 Å². The number of hydrogen-bond acceptors (Lipinski definition) is 12. The minimum atomic E-state index is 0.0278. The van der Waals surface area contributed by atoms with Crippen LogP contribution in [0.5, 0.6) is 0 Å². The van der Waals surface area contributed by atoms with Gasteiger partial charge in [0.2, 0.25) is 0 Å². The van der Waals surface area contributed by atoms with Crippen LogP contribution in [0.25, 0.3) is 0 Å². The SMILES string of the molecule is OCCOCCOCCOCCOCCOCCOCCOCCOCCOCCOCCOCCBr. The quantitative estimate of drug-likeness (QED) is 0.0811. The van der Waals surface area contributed by atoms with Crippen molar-refractivity contribution in [2.45, 2.75) is 0 Å². The summed E-state index contributed by atoms with van der Waals surface area (Å²) in [6.45, 7) is 11.5. The molecule has 0 fully saturated rings. The van der Waals surface area contributed by atoms with Gasteiger partial charge in [0, 0.05) is 5.33 Å². The summed E-state index contributed by atoms with van der Waals surface area (Å²) < 4.78 is 59.0. The molecule has 1 N–H and O–H groups in total. The van der Waals surface area contributed by atoms with Crippen LogP contribution in [0.1, 0.15) is 0 Å². The normalized spacial score (nSPS) is 11.5. The highest BCUT2D eigenvalue weighted by Crippen LogP contribution is 1.87. The predicted molar refractivity (Wildman–Crippen MR) is 140 cm³/mol. The summed E-state index contributed by atoms with van der Waals surface area (Å²) in [6.07, 6.45) is 0. The highest BCUT2D eigenvalue weighted by Gasteiger charge is 1.96. The average molecular weight is 610 g/mol. The van der Waals surface area contributed by atoms with Gasteiger partial charge in [-0.2, -0.15) is 0 Å². The van der Waals surface area contributed by atoms with Crippen molar-refractivity contribution < 1.29 is 57.2 Å². The molecule has 0 rings (SSSR count). The molecular weight excluding hydrogens is 560 g/mol. The van der Waals surface area contributed by atoms with E-state index >= 15 is 0 Å². The van der Waals surface area contributed by atoms with Gasteiger partial charge in [-0.15, -0.1) is 0 Å². The first kappa shape index (κ1) is 37.0. The van der Waals surface area contributed by atoms with Crippen LogP contribution in [0.4, 0.5) is 0 Å². The molecule has 0 heterocycles. The van der Waals surface area contributed by atoms with Crippen molar-refractivity contribution in [2.75, 3.05) is 157 Å². The smallest absolute Gasteiger partial charge is 0.0701 e. The maximum atomic E-state index is 8.56. The van der Waals surface area contributed by atoms with Gasteiger partial charge in [0.15, 0.2) is 0 Å². The highest BCUT2D eigenvalue weighted by molar-refractivity contribution is 9.09. The van der Waals surface area contributed by atoms with Crippen molar-refractivity contribution >= 4 is 15.9 Å². The third-order valence-corrected chi connectivity index (χ3v) is 4.50. The van der Waals surface area contributed by atoms with E-state index in [0.29, 0.717) is 145 Å². The molecule has 37 heavy (non-hydrogen) atoms. The van der Waals surface area contributed by atoms with E-state index in [0.717, 1.165) is 5.33 Å². The Hall–Kier alpha value is 0.0000000000000000555. The standard InChI is InChI=1S/C24H49BrO12/c25-1-3-27-5-7-29-9-11-31-13-15-33-17-19-35-21-23-37-24-22-36-20-18-34-16-14-32-12-10-30-8-6-28-4-2-26/h26H,1-24H2. The van der Waals surface area contributed by atoms with E-state index in [-0.39, 0.29) is 6.61 Å². The van der Waals surface area contributed by atoms with Crippen molar-refractivity contribution in [3.05, 3.63) is 0 Å². The first-order chi connectivity index (χ1) is 18.4. The fraction of sp³-hybridized carbons (Fsp3) is 1.00. The number of hydrogen-bond donors (Lipinski definition) is 1. The Morgan fingerprint density at radius 3 is 0.595 bits per heavy atom. The van der Waals surface area contributed by atoms with Crippen LogP contribution < -0.4 is 0 Å². The molecule has 0 saturated heterocycles. The van der Waals surface area contributed by atoms with Gasteiger partial charge in [-0.25, -0.2) is 0 Å². The third-order valence-electron chi connectivity index (χ3n) is 4.18. The summed E-state index contributed by atoms with van der Waals surface area (Å²) in [6, 6.07) is 0. The molecule has 0 aromatic heterocycles. The van der Waals surface area contributed by atoms with Crippen LogP contribution in [0, 0.1) is 0 Å². The van der Waals surface area contributed by atoms with Crippen LogP contribution in [-0.4, -0.2) is 162 Å². The van der Waals surface area contributed by atoms with Gasteiger partial charge >= 0.3 is 0 Å². The van der Waals surface area contributed by atoms with E-state index in [1.165, 1.54) is 0 Å². The lowest BCUT2D eigenvalue weighted by atomic mass is 10.6. The summed E-state index contributed by atoms with van der Waals surface area (Å²) in [5.41, 5.74) is 0. The Kier molecular flexibility index (Phi) is 36.0. The lowest BCUT2D eigenvalue weighted by Gasteiger charge is -2.09. The average Bonchev–Trinajstić information content (AvgIpc) is 2.91. The first-order valence-corrected chi connectivity index (χ1v) is 14.1. The second-order valence-electron chi connectivity index (χ2n) is 7.15. The maximum absolute atomic E-state index is 8.56. The lowest BCUT2D eigenvalue weighted by Crippen LogP contribution is -2.15. The maximum Gasteiger partial charge on any atom is 0.0701 e. The van der Waals surface area contributed by atoms with Crippen LogP contribution in [0.2, 0.25) is 0 Å². The molecule has 0 aliphatic carbocycles. The Morgan fingerprint density at radius 1 is 0.270 bits per heavy atom. The van der Waals surface area contributed by atoms with Crippen LogP contribution in [0.3, 0.4) is 0 Å². The molecule has 13 heteroatoms. The first-order valence-electron chi connectivity index (χ1n) is 12.9. The monoisotopic (exact) mass is 608 g/mol. The molecule has 224 valence electrons. The van der Waals surface area contributed by atoms with Gasteiger partial charge < -0.3 is 57.2 Å². The highest BCUT2D eigenvalue weighted by atomic mass is 79.9. The van der Waals surface area contributed by atoms with Crippen LogP contribution >= 0.6 is 15.9 Å². The molecule has 0 radical (unpaired) electrons. The molecule has 0 aliphatic rings. The van der Waals surface area contributed by atoms with Gasteiger partial charge in [-0.05, 0) is 0 Å². The van der Waals surface area contributed by atoms with Crippen LogP contribution in [0.15, 0.2) is 0 Å². The molecule has 0 unspecified atom stereocenters. The van der Waals surface area contributed by atoms with E-state index in [2.05, 4.69) is 15.9 Å². The van der Waals surface area contributed by atoms with Crippen LogP contribution in [-0.2, 0) is 52.1 Å². The Labute approximate surface area is 230 Å². The minimum absolute atomic E-state index is 0.0278.